The van der Waals surface area contributed by atoms with E-state index in [1.807, 2.05) is 0 Å². The summed E-state index contributed by atoms with van der Waals surface area (Å²) in [6.45, 7) is -0.794. The van der Waals surface area contributed by atoms with Gasteiger partial charge in [-0.3, -0.25) is 9.59 Å². The number of halogens is 5. The zero-order valence-corrected chi connectivity index (χ0v) is 26.4. The molecule has 3 N–H and O–H groups in total. The summed E-state index contributed by atoms with van der Waals surface area (Å²) in [6.07, 6.45) is -1.51. The molecule has 1 aliphatic heterocycles. The number of hydrogen-bond acceptors (Lipinski definition) is 11. The Labute approximate surface area is 274 Å². The Kier molecular flexibility index (Phi) is 10.9. The minimum Gasteiger partial charge on any atom is -0.406 e. The van der Waals surface area contributed by atoms with Crippen LogP contribution in [0, 0.1) is 11.4 Å². The smallest absolute Gasteiger partial charge is 0.406 e. The number of amides is 2. The Morgan fingerprint density at radius 2 is 1.91 bits per heavy atom. The molecular formula is C29H31F5N8O3S2. The van der Waals surface area contributed by atoms with Crippen LogP contribution in [-0.2, 0) is 22.4 Å². The third-order valence-corrected chi connectivity index (χ3v) is 9.71. The summed E-state index contributed by atoms with van der Waals surface area (Å²) in [5.41, 5.74) is 7.43. The number of ether oxygens (including phenoxy) is 1. The fourth-order valence-corrected chi connectivity index (χ4v) is 7.38. The molecule has 18 heteroatoms. The van der Waals surface area contributed by atoms with Crippen molar-refractivity contribution in [3.8, 4) is 5.75 Å². The summed E-state index contributed by atoms with van der Waals surface area (Å²) < 4.78 is 67.9. The molecule has 1 aliphatic carbocycles. The quantitative estimate of drug-likeness (QED) is 0.110. The van der Waals surface area contributed by atoms with E-state index in [0.717, 1.165) is 42.8 Å². The molecule has 2 aliphatic rings. The fraction of sp³-hybridized carbons (Fsp3) is 0.483. The maximum atomic E-state index is 13.2. The number of nitrogens with one attached hydrogen (secondary N) is 3. The summed E-state index contributed by atoms with van der Waals surface area (Å²) in [7, 11) is 0. The van der Waals surface area contributed by atoms with E-state index in [4.69, 9.17) is 5.53 Å². The second-order valence-electron chi connectivity index (χ2n) is 11.4. The Morgan fingerprint density at radius 1 is 1.13 bits per heavy atom. The highest BCUT2D eigenvalue weighted by molar-refractivity contribution is 7.99. The number of anilines is 2. The van der Waals surface area contributed by atoms with Crippen molar-refractivity contribution in [3.63, 3.8) is 0 Å². The molecule has 3 unspecified atom stereocenters. The molecule has 0 bridgehead atoms. The van der Waals surface area contributed by atoms with Crippen molar-refractivity contribution < 1.29 is 36.3 Å². The zero-order chi connectivity index (χ0) is 33.6. The van der Waals surface area contributed by atoms with Gasteiger partial charge in [0.15, 0.2) is 5.50 Å². The van der Waals surface area contributed by atoms with Crippen LogP contribution >= 0.6 is 23.1 Å². The summed E-state index contributed by atoms with van der Waals surface area (Å²) >= 11 is 2.60. The molecular weight excluding hydrogens is 667 g/mol. The number of pyridine rings is 1. The van der Waals surface area contributed by atoms with E-state index >= 15 is 0 Å². The Hall–Kier alpha value is -3.93. The Morgan fingerprint density at radius 3 is 2.66 bits per heavy atom. The number of nitrogens with zero attached hydrogens (tertiary/aromatic N) is 5. The van der Waals surface area contributed by atoms with Gasteiger partial charge in [-0.15, -0.1) is 35.1 Å². The number of carbonyl (C=O) groups is 2. The van der Waals surface area contributed by atoms with Gasteiger partial charge in [0, 0.05) is 11.7 Å². The van der Waals surface area contributed by atoms with Crippen molar-refractivity contribution in [2.75, 3.05) is 29.1 Å². The standard InChI is InChI=1S/C29H31F5N8O3S2/c30-28(31)15-42(16-28)22-9-3-7-20(36-22)13-24(44)38-27-41-40-25(47-27)19-6-1-5-18(10-19)14-46-26(39-35)37-23(43)12-17-4-2-8-21(11-17)45-29(32,33)34/h2-4,7-9,11,18-19,26,35H,1,5-6,10,12-16H2,(H,37,43)(H,38,41,44). The lowest BCUT2D eigenvalue weighted by Gasteiger charge is -2.39. The van der Waals surface area contributed by atoms with E-state index in [-0.39, 0.29) is 30.6 Å². The monoisotopic (exact) mass is 698 g/mol. The van der Waals surface area contributed by atoms with Gasteiger partial charge in [0.05, 0.1) is 31.6 Å². The molecule has 3 atom stereocenters. The lowest BCUT2D eigenvalue weighted by molar-refractivity contribution is -0.274. The highest BCUT2D eigenvalue weighted by atomic mass is 32.2. The van der Waals surface area contributed by atoms with Gasteiger partial charge >= 0.3 is 6.36 Å². The summed E-state index contributed by atoms with van der Waals surface area (Å²) in [5.74, 6) is -2.59. The number of rotatable bonds is 13. The molecule has 0 spiro atoms. The van der Waals surface area contributed by atoms with Gasteiger partial charge in [0.25, 0.3) is 5.92 Å². The van der Waals surface area contributed by atoms with Crippen LogP contribution in [-0.4, -0.2) is 63.6 Å². The molecule has 11 nitrogen and oxygen atoms in total. The van der Waals surface area contributed by atoms with E-state index in [1.165, 1.54) is 40.1 Å². The molecule has 2 amide bonds. The maximum absolute atomic E-state index is 13.2. The van der Waals surface area contributed by atoms with Crippen molar-refractivity contribution in [2.45, 2.75) is 62.2 Å². The largest absolute Gasteiger partial charge is 0.573 e. The van der Waals surface area contributed by atoms with Crippen molar-refractivity contribution in [2.24, 2.45) is 11.0 Å². The van der Waals surface area contributed by atoms with Gasteiger partial charge in [-0.25, -0.2) is 19.3 Å². The Bertz CT molecular complexity index is 1570. The number of thioether (sulfide) groups is 1. The molecule has 5 rings (SSSR count). The van der Waals surface area contributed by atoms with Crippen LogP contribution in [0.15, 0.2) is 47.6 Å². The first kappa shape index (κ1) is 34.4. The third-order valence-electron chi connectivity index (χ3n) is 7.51. The Balaban J connectivity index is 1.06. The van der Waals surface area contributed by atoms with E-state index < -0.39 is 42.5 Å². The predicted molar refractivity (Wildman–Crippen MR) is 165 cm³/mol. The zero-order valence-electron chi connectivity index (χ0n) is 24.8. The average Bonchev–Trinajstić information content (AvgIpc) is 3.46. The average molecular weight is 699 g/mol. The van der Waals surface area contributed by atoms with Crippen LogP contribution in [0.2, 0.25) is 0 Å². The summed E-state index contributed by atoms with van der Waals surface area (Å²) in [6, 6.07) is 10.1. The molecule has 3 heterocycles. The third kappa shape index (κ3) is 10.3. The van der Waals surface area contributed by atoms with Crippen LogP contribution in [0.3, 0.4) is 0 Å². The van der Waals surface area contributed by atoms with E-state index in [1.54, 1.807) is 18.2 Å². The van der Waals surface area contributed by atoms with Gasteiger partial charge in [-0.1, -0.05) is 36.0 Å². The van der Waals surface area contributed by atoms with Gasteiger partial charge in [0.1, 0.15) is 16.6 Å². The number of hydrogen-bond donors (Lipinski definition) is 3. The molecule has 252 valence electrons. The van der Waals surface area contributed by atoms with Crippen LogP contribution in [0.5, 0.6) is 5.75 Å². The predicted octanol–water partition coefficient (Wildman–Crippen LogP) is 6.15. The molecule has 2 aromatic heterocycles. The van der Waals surface area contributed by atoms with Crippen molar-refractivity contribution in [1.29, 1.82) is 5.53 Å². The van der Waals surface area contributed by atoms with Gasteiger partial charge in [-0.2, -0.15) is 5.11 Å². The van der Waals surface area contributed by atoms with Crippen molar-refractivity contribution >= 4 is 45.9 Å². The highest BCUT2D eigenvalue weighted by Crippen LogP contribution is 2.40. The molecule has 1 aromatic carbocycles. The van der Waals surface area contributed by atoms with Gasteiger partial charge in [0.2, 0.25) is 16.9 Å². The number of carbonyl (C=O) groups excluding carboxylic acids is 2. The first-order chi connectivity index (χ1) is 22.3. The van der Waals surface area contributed by atoms with Gasteiger partial charge < -0.3 is 20.3 Å². The SMILES string of the molecule is N=NC(NC(=O)Cc1cccc(OC(F)(F)F)c1)SCC1CCCC(c2nnc(NC(=O)Cc3cccc(N4CC(F)(F)C4)n3)s2)C1. The van der Waals surface area contributed by atoms with Crippen LogP contribution in [0.1, 0.15) is 47.9 Å². The molecule has 0 radical (unpaired) electrons. The second-order valence-corrected chi connectivity index (χ2v) is 13.5. The van der Waals surface area contributed by atoms with E-state index in [9.17, 15) is 31.5 Å². The summed E-state index contributed by atoms with van der Waals surface area (Å²) in [5, 5.41) is 18.4. The van der Waals surface area contributed by atoms with Gasteiger partial charge in [-0.05, 0) is 55.0 Å². The van der Waals surface area contributed by atoms with E-state index in [2.05, 4.69) is 35.7 Å². The van der Waals surface area contributed by atoms with Crippen LogP contribution < -0.4 is 20.3 Å². The molecule has 2 fully saturated rings. The first-order valence-electron chi connectivity index (χ1n) is 14.7. The number of alkyl halides is 5. The lowest BCUT2D eigenvalue weighted by Crippen LogP contribution is -2.56. The summed E-state index contributed by atoms with van der Waals surface area (Å²) in [4.78, 5) is 31.0. The van der Waals surface area contributed by atoms with E-state index in [0.29, 0.717) is 28.0 Å². The number of benzene rings is 1. The lowest BCUT2D eigenvalue weighted by atomic mass is 9.83. The number of aromatic nitrogens is 3. The first-order valence-corrected chi connectivity index (χ1v) is 16.5. The van der Waals surface area contributed by atoms with Crippen LogP contribution in [0.4, 0.5) is 32.9 Å². The fourth-order valence-electron chi connectivity index (χ4n) is 5.43. The second kappa shape index (κ2) is 14.9. The topological polar surface area (TPSA) is 146 Å². The minimum absolute atomic E-state index is 0.0483. The normalized spacial score (nSPS) is 19.7. The molecule has 1 saturated heterocycles. The van der Waals surface area contributed by atoms with Crippen LogP contribution in [0.25, 0.3) is 0 Å². The highest BCUT2D eigenvalue weighted by Gasteiger charge is 2.44. The molecule has 3 aromatic rings. The molecule has 47 heavy (non-hydrogen) atoms. The van der Waals surface area contributed by atoms with Crippen molar-refractivity contribution in [3.05, 3.63) is 58.7 Å². The maximum Gasteiger partial charge on any atom is 0.573 e. The minimum atomic E-state index is -4.84. The van der Waals surface area contributed by atoms with Crippen molar-refractivity contribution in [1.82, 2.24) is 20.5 Å². The molecule has 1 saturated carbocycles.